The van der Waals surface area contributed by atoms with E-state index >= 15 is 0 Å². The molecule has 2 aliphatic rings. The molecule has 182 valence electrons. The molecule has 2 amide bonds. The number of hydrogen-bond donors (Lipinski definition) is 1. The molecule has 2 aliphatic heterocycles. The first-order valence-electron chi connectivity index (χ1n) is 12.2. The Morgan fingerprint density at radius 2 is 1.83 bits per heavy atom. The summed E-state index contributed by atoms with van der Waals surface area (Å²) in [6, 6.07) is 22.3. The number of aromatic amines is 1. The summed E-state index contributed by atoms with van der Waals surface area (Å²) >= 11 is 6.17. The first-order valence-corrected chi connectivity index (χ1v) is 12.6. The molecule has 6 nitrogen and oxygen atoms in total. The van der Waals surface area contributed by atoms with Crippen molar-refractivity contribution in [3.8, 4) is 5.75 Å². The van der Waals surface area contributed by atoms with Gasteiger partial charge in [0.1, 0.15) is 24.4 Å². The maximum Gasteiger partial charge on any atom is 0.246 e. The Kier molecular flexibility index (Phi) is 5.69. The van der Waals surface area contributed by atoms with Crippen molar-refractivity contribution in [2.45, 2.75) is 32.0 Å². The van der Waals surface area contributed by atoms with Gasteiger partial charge in [-0.15, -0.1) is 0 Å². The quantitative estimate of drug-likeness (QED) is 0.415. The molecule has 0 bridgehead atoms. The van der Waals surface area contributed by atoms with E-state index in [1.807, 2.05) is 67.6 Å². The van der Waals surface area contributed by atoms with E-state index in [1.54, 1.807) is 15.9 Å². The fourth-order valence-corrected chi connectivity index (χ4v) is 5.84. The highest BCUT2D eigenvalue weighted by Gasteiger charge is 2.48. The zero-order valence-electron chi connectivity index (χ0n) is 19.9. The second-order valence-corrected chi connectivity index (χ2v) is 9.72. The summed E-state index contributed by atoms with van der Waals surface area (Å²) in [5, 5.41) is 1.69. The SMILES string of the molecule is CCOc1ccccc1[C@H]1c2[nH]c3ccccc3c2C[C@H]2C(=O)N(Cc3cccc(Cl)c3)CC(=O)N12. The van der Waals surface area contributed by atoms with Gasteiger partial charge in [-0.1, -0.05) is 60.1 Å². The number of para-hydroxylation sites is 2. The number of halogens is 1. The lowest BCUT2D eigenvalue weighted by atomic mass is 9.85. The number of nitrogens with one attached hydrogen (secondary N) is 1. The minimum absolute atomic E-state index is 0.0186. The summed E-state index contributed by atoms with van der Waals surface area (Å²) in [6.07, 6.45) is 0.462. The van der Waals surface area contributed by atoms with Crippen molar-refractivity contribution in [1.82, 2.24) is 14.8 Å². The number of fused-ring (bicyclic) bond motifs is 4. The maximum atomic E-state index is 13.9. The van der Waals surface area contributed by atoms with Crippen LogP contribution in [-0.2, 0) is 22.6 Å². The van der Waals surface area contributed by atoms with E-state index in [0.29, 0.717) is 24.6 Å². The van der Waals surface area contributed by atoms with Gasteiger partial charge < -0.3 is 19.5 Å². The van der Waals surface area contributed by atoms with Crippen molar-refractivity contribution in [3.63, 3.8) is 0 Å². The highest BCUT2D eigenvalue weighted by atomic mass is 35.5. The standard InChI is InChI=1S/C29H26ClN3O3/c1-2-36-25-13-6-4-11-21(25)28-27-22(20-10-3-5-12-23(20)31-27)15-24-29(35)32(17-26(34)33(24)28)16-18-8-7-9-19(30)14-18/h3-14,24,28,31H,2,15-17H2,1H3/t24-,28-/m0/s1. The minimum Gasteiger partial charge on any atom is -0.494 e. The van der Waals surface area contributed by atoms with Gasteiger partial charge in [0.05, 0.1) is 6.61 Å². The van der Waals surface area contributed by atoms with E-state index in [2.05, 4.69) is 11.1 Å². The Labute approximate surface area is 214 Å². The lowest BCUT2D eigenvalue weighted by Gasteiger charge is -2.47. The van der Waals surface area contributed by atoms with Crippen LogP contribution in [0.15, 0.2) is 72.8 Å². The van der Waals surface area contributed by atoms with Gasteiger partial charge in [0.15, 0.2) is 0 Å². The number of amides is 2. The molecule has 0 spiro atoms. The van der Waals surface area contributed by atoms with Crippen LogP contribution in [0.5, 0.6) is 5.75 Å². The summed E-state index contributed by atoms with van der Waals surface area (Å²) in [5.74, 6) is 0.587. The third-order valence-electron chi connectivity index (χ3n) is 7.12. The predicted molar refractivity (Wildman–Crippen MR) is 139 cm³/mol. The van der Waals surface area contributed by atoms with E-state index in [1.165, 1.54) is 0 Å². The van der Waals surface area contributed by atoms with E-state index < -0.39 is 12.1 Å². The summed E-state index contributed by atoms with van der Waals surface area (Å²) < 4.78 is 5.97. The molecule has 1 saturated heterocycles. The number of nitrogens with zero attached hydrogens (tertiary/aromatic N) is 2. The van der Waals surface area contributed by atoms with Crippen LogP contribution >= 0.6 is 11.6 Å². The molecule has 6 rings (SSSR count). The van der Waals surface area contributed by atoms with Crippen LogP contribution < -0.4 is 4.74 Å². The van der Waals surface area contributed by atoms with Crippen LogP contribution in [0, 0.1) is 0 Å². The van der Waals surface area contributed by atoms with Crippen LogP contribution in [0.1, 0.15) is 35.3 Å². The average molecular weight is 500 g/mol. The molecule has 2 atom stereocenters. The Bertz CT molecular complexity index is 1480. The normalized spacial score (nSPS) is 19.4. The summed E-state index contributed by atoms with van der Waals surface area (Å²) in [6.45, 7) is 2.81. The van der Waals surface area contributed by atoms with Crippen molar-refractivity contribution in [1.29, 1.82) is 0 Å². The van der Waals surface area contributed by atoms with Crippen LogP contribution in [-0.4, -0.2) is 45.8 Å². The molecule has 0 radical (unpaired) electrons. The van der Waals surface area contributed by atoms with Crippen molar-refractivity contribution in [3.05, 3.63) is 100 Å². The Morgan fingerprint density at radius 1 is 1.03 bits per heavy atom. The lowest BCUT2D eigenvalue weighted by Crippen LogP contribution is -2.62. The highest BCUT2D eigenvalue weighted by molar-refractivity contribution is 6.30. The second-order valence-electron chi connectivity index (χ2n) is 9.28. The van der Waals surface area contributed by atoms with E-state index in [-0.39, 0.29) is 18.4 Å². The van der Waals surface area contributed by atoms with Crippen molar-refractivity contribution in [2.75, 3.05) is 13.2 Å². The molecule has 36 heavy (non-hydrogen) atoms. The molecule has 1 N–H and O–H groups in total. The number of H-pyrrole nitrogens is 1. The van der Waals surface area contributed by atoms with Gasteiger partial charge in [-0.05, 0) is 42.3 Å². The number of aromatic nitrogens is 1. The van der Waals surface area contributed by atoms with E-state index in [0.717, 1.165) is 39.0 Å². The van der Waals surface area contributed by atoms with Crippen molar-refractivity contribution in [2.24, 2.45) is 0 Å². The average Bonchev–Trinajstić information content (AvgIpc) is 3.25. The van der Waals surface area contributed by atoms with Crippen LogP contribution in [0.25, 0.3) is 10.9 Å². The van der Waals surface area contributed by atoms with E-state index in [9.17, 15) is 9.59 Å². The first-order chi connectivity index (χ1) is 17.5. The van der Waals surface area contributed by atoms with E-state index in [4.69, 9.17) is 16.3 Å². The van der Waals surface area contributed by atoms with Gasteiger partial charge >= 0.3 is 0 Å². The fourth-order valence-electron chi connectivity index (χ4n) is 5.63. The molecule has 0 unspecified atom stereocenters. The number of rotatable bonds is 5. The molecule has 1 fully saturated rings. The molecule has 0 aliphatic carbocycles. The highest BCUT2D eigenvalue weighted by Crippen LogP contribution is 2.45. The largest absolute Gasteiger partial charge is 0.494 e. The van der Waals surface area contributed by atoms with Crippen molar-refractivity contribution < 1.29 is 14.3 Å². The smallest absolute Gasteiger partial charge is 0.246 e. The number of carbonyl (C=O) groups is 2. The summed E-state index contributed by atoms with van der Waals surface area (Å²) in [7, 11) is 0. The van der Waals surface area contributed by atoms with Gasteiger partial charge in [-0.2, -0.15) is 0 Å². The third-order valence-corrected chi connectivity index (χ3v) is 7.35. The van der Waals surface area contributed by atoms with Gasteiger partial charge in [0.25, 0.3) is 0 Å². The Hall–Kier alpha value is -3.77. The van der Waals surface area contributed by atoms with Crippen LogP contribution in [0.3, 0.4) is 0 Å². The molecule has 1 aromatic heterocycles. The number of carbonyl (C=O) groups excluding carboxylic acids is 2. The second kappa shape index (κ2) is 9.03. The third kappa shape index (κ3) is 3.73. The van der Waals surface area contributed by atoms with Crippen molar-refractivity contribution >= 4 is 34.3 Å². The molecule has 7 heteroatoms. The number of piperazine rings is 1. The lowest BCUT2D eigenvalue weighted by molar-refractivity contribution is -0.159. The van der Waals surface area contributed by atoms with Gasteiger partial charge in [-0.25, -0.2) is 0 Å². The molecular formula is C29H26ClN3O3. The zero-order valence-corrected chi connectivity index (χ0v) is 20.7. The topological polar surface area (TPSA) is 65.6 Å². The predicted octanol–water partition coefficient (Wildman–Crippen LogP) is 5.11. The molecule has 3 aromatic carbocycles. The number of hydrogen-bond acceptors (Lipinski definition) is 3. The molecule has 3 heterocycles. The van der Waals surface area contributed by atoms with Crippen LogP contribution in [0.2, 0.25) is 5.02 Å². The molecular weight excluding hydrogens is 474 g/mol. The summed E-state index contributed by atoms with van der Waals surface area (Å²) in [5.41, 5.74) is 4.80. The minimum atomic E-state index is -0.600. The van der Waals surface area contributed by atoms with Gasteiger partial charge in [0.2, 0.25) is 11.8 Å². The van der Waals surface area contributed by atoms with Crippen LogP contribution in [0.4, 0.5) is 0 Å². The number of benzene rings is 3. The Balaban J connectivity index is 1.47. The molecule has 0 saturated carbocycles. The monoisotopic (exact) mass is 499 g/mol. The zero-order chi connectivity index (χ0) is 24.8. The maximum absolute atomic E-state index is 13.9. The first kappa shape index (κ1) is 22.7. The molecule has 4 aromatic rings. The number of ether oxygens (including phenoxy) is 1. The van der Waals surface area contributed by atoms with Gasteiger partial charge in [0, 0.05) is 40.1 Å². The van der Waals surface area contributed by atoms with Gasteiger partial charge in [-0.3, -0.25) is 9.59 Å². The fraction of sp³-hybridized carbons (Fsp3) is 0.241. The Morgan fingerprint density at radius 3 is 2.67 bits per heavy atom. The summed E-state index contributed by atoms with van der Waals surface area (Å²) in [4.78, 5) is 34.7.